The fourth-order valence-corrected chi connectivity index (χ4v) is 1.89. The van der Waals surface area contributed by atoms with Crippen molar-refractivity contribution in [2.24, 2.45) is 0 Å². The molecule has 0 aliphatic heterocycles. The van der Waals surface area contributed by atoms with E-state index in [-0.39, 0.29) is 16.7 Å². The third kappa shape index (κ3) is 4.10. The first-order valence-corrected chi connectivity index (χ1v) is 6.61. The minimum Gasteiger partial charge on any atom is -0.479 e. The van der Waals surface area contributed by atoms with Gasteiger partial charge in [0.05, 0.1) is 5.02 Å². The summed E-state index contributed by atoms with van der Waals surface area (Å²) in [7, 11) is 0. The number of benzene rings is 2. The van der Waals surface area contributed by atoms with Gasteiger partial charge in [-0.25, -0.2) is 4.39 Å². The predicted octanol–water partition coefficient (Wildman–Crippen LogP) is 3.47. The van der Waals surface area contributed by atoms with Crippen LogP contribution in [0, 0.1) is 5.82 Å². The quantitative estimate of drug-likeness (QED) is 0.850. The van der Waals surface area contributed by atoms with E-state index in [0.717, 1.165) is 6.07 Å². The predicted molar refractivity (Wildman–Crippen MR) is 81.0 cm³/mol. The lowest BCUT2D eigenvalue weighted by molar-refractivity contribution is -0.122. The van der Waals surface area contributed by atoms with E-state index >= 15 is 0 Å². The average molecular weight is 309 g/mol. The highest BCUT2D eigenvalue weighted by atomic mass is 35.5. The molecule has 1 amide bonds. The smallest absolute Gasteiger partial charge is 0.265 e. The SMILES string of the molecule is CC(Oc1ccc(F)cc1Cl)C(=O)Nc1cccc(N)c1. The summed E-state index contributed by atoms with van der Waals surface area (Å²) in [6, 6.07) is 10.5. The van der Waals surface area contributed by atoms with Gasteiger partial charge < -0.3 is 15.8 Å². The Kier molecular flexibility index (Phi) is 4.65. The Hall–Kier alpha value is -2.27. The number of rotatable bonds is 4. The van der Waals surface area contributed by atoms with E-state index < -0.39 is 11.9 Å². The van der Waals surface area contributed by atoms with E-state index in [1.807, 2.05) is 0 Å². The third-order valence-electron chi connectivity index (χ3n) is 2.72. The van der Waals surface area contributed by atoms with Gasteiger partial charge in [-0.1, -0.05) is 17.7 Å². The van der Waals surface area contributed by atoms with Crippen molar-refractivity contribution in [3.63, 3.8) is 0 Å². The number of halogens is 2. The first kappa shape index (κ1) is 15.1. The van der Waals surface area contributed by atoms with Gasteiger partial charge in [-0.3, -0.25) is 4.79 Å². The van der Waals surface area contributed by atoms with Crippen molar-refractivity contribution in [3.8, 4) is 5.75 Å². The van der Waals surface area contributed by atoms with E-state index in [1.165, 1.54) is 12.1 Å². The average Bonchev–Trinajstić information content (AvgIpc) is 2.41. The second-order valence-electron chi connectivity index (χ2n) is 4.45. The molecule has 21 heavy (non-hydrogen) atoms. The van der Waals surface area contributed by atoms with Crippen molar-refractivity contribution in [1.82, 2.24) is 0 Å². The van der Waals surface area contributed by atoms with Gasteiger partial charge in [0.15, 0.2) is 6.10 Å². The summed E-state index contributed by atoms with van der Waals surface area (Å²) in [6.07, 6.45) is -0.797. The van der Waals surface area contributed by atoms with Crippen molar-refractivity contribution in [1.29, 1.82) is 0 Å². The van der Waals surface area contributed by atoms with Crippen molar-refractivity contribution < 1.29 is 13.9 Å². The van der Waals surface area contributed by atoms with E-state index in [4.69, 9.17) is 22.1 Å². The molecule has 0 radical (unpaired) electrons. The molecule has 1 unspecified atom stereocenters. The monoisotopic (exact) mass is 308 g/mol. The maximum atomic E-state index is 12.9. The molecule has 0 aliphatic rings. The van der Waals surface area contributed by atoms with Crippen molar-refractivity contribution >= 4 is 28.9 Å². The van der Waals surface area contributed by atoms with Crippen LogP contribution in [0.3, 0.4) is 0 Å². The van der Waals surface area contributed by atoms with Crippen LogP contribution >= 0.6 is 11.6 Å². The Balaban J connectivity index is 2.02. The highest BCUT2D eigenvalue weighted by Gasteiger charge is 2.16. The highest BCUT2D eigenvalue weighted by molar-refractivity contribution is 6.32. The zero-order chi connectivity index (χ0) is 15.4. The van der Waals surface area contributed by atoms with Crippen LogP contribution in [0.2, 0.25) is 5.02 Å². The molecule has 3 N–H and O–H groups in total. The molecule has 6 heteroatoms. The van der Waals surface area contributed by atoms with Crippen LogP contribution in [0.4, 0.5) is 15.8 Å². The number of amides is 1. The lowest BCUT2D eigenvalue weighted by Crippen LogP contribution is -2.30. The number of nitrogens with one attached hydrogen (secondary N) is 1. The fraction of sp³-hybridized carbons (Fsp3) is 0.133. The van der Waals surface area contributed by atoms with Gasteiger partial charge in [0.2, 0.25) is 0 Å². The summed E-state index contributed by atoms with van der Waals surface area (Å²) in [5, 5.41) is 2.78. The van der Waals surface area contributed by atoms with E-state index in [9.17, 15) is 9.18 Å². The van der Waals surface area contributed by atoms with Gasteiger partial charge in [0.25, 0.3) is 5.91 Å². The zero-order valence-corrected chi connectivity index (χ0v) is 12.0. The standard InChI is InChI=1S/C15H14ClFN2O2/c1-9(21-14-6-5-10(17)7-13(14)16)15(20)19-12-4-2-3-11(18)8-12/h2-9H,18H2,1H3,(H,19,20). The molecule has 0 spiro atoms. The molecule has 0 aliphatic carbocycles. The Morgan fingerprint density at radius 2 is 2.10 bits per heavy atom. The minimum absolute atomic E-state index is 0.110. The lowest BCUT2D eigenvalue weighted by Gasteiger charge is -2.15. The third-order valence-corrected chi connectivity index (χ3v) is 3.02. The number of hydrogen-bond donors (Lipinski definition) is 2. The van der Waals surface area contributed by atoms with Crippen molar-refractivity contribution in [2.75, 3.05) is 11.1 Å². The summed E-state index contributed by atoms with van der Waals surface area (Å²) in [5.41, 5.74) is 6.75. The molecule has 110 valence electrons. The molecule has 1 atom stereocenters. The van der Waals surface area contributed by atoms with Gasteiger partial charge in [0.1, 0.15) is 11.6 Å². The van der Waals surface area contributed by atoms with Gasteiger partial charge in [-0.2, -0.15) is 0 Å². The molecule has 0 fully saturated rings. The number of anilines is 2. The number of nitrogen functional groups attached to an aromatic ring is 1. The van der Waals surface area contributed by atoms with Gasteiger partial charge in [-0.05, 0) is 43.3 Å². The topological polar surface area (TPSA) is 64.3 Å². The summed E-state index contributed by atoms with van der Waals surface area (Å²) in [5.74, 6) is -0.585. The summed E-state index contributed by atoms with van der Waals surface area (Å²) in [6.45, 7) is 1.57. The van der Waals surface area contributed by atoms with Crippen molar-refractivity contribution in [3.05, 3.63) is 53.3 Å². The molecule has 0 heterocycles. The first-order valence-electron chi connectivity index (χ1n) is 6.24. The number of carbonyl (C=O) groups is 1. The first-order chi connectivity index (χ1) is 9.95. The van der Waals surface area contributed by atoms with E-state index in [1.54, 1.807) is 31.2 Å². The minimum atomic E-state index is -0.797. The molecule has 0 aromatic heterocycles. The second kappa shape index (κ2) is 6.45. The van der Waals surface area contributed by atoms with Crippen LogP contribution in [0.25, 0.3) is 0 Å². The molecule has 0 saturated heterocycles. The normalized spacial score (nSPS) is 11.8. The molecular formula is C15H14ClFN2O2. The van der Waals surface area contributed by atoms with Crippen LogP contribution in [-0.4, -0.2) is 12.0 Å². The van der Waals surface area contributed by atoms with Gasteiger partial charge in [-0.15, -0.1) is 0 Å². The molecule has 0 bridgehead atoms. The summed E-state index contributed by atoms with van der Waals surface area (Å²) >= 11 is 5.85. The van der Waals surface area contributed by atoms with Crippen LogP contribution in [-0.2, 0) is 4.79 Å². The Labute approximate surface area is 126 Å². The number of carbonyl (C=O) groups excluding carboxylic acids is 1. The molecular weight excluding hydrogens is 295 g/mol. The molecule has 2 aromatic carbocycles. The summed E-state index contributed by atoms with van der Waals surface area (Å²) in [4.78, 5) is 12.0. The fourth-order valence-electron chi connectivity index (χ4n) is 1.68. The van der Waals surface area contributed by atoms with Crippen LogP contribution in [0.15, 0.2) is 42.5 Å². The molecule has 4 nitrogen and oxygen atoms in total. The number of hydrogen-bond acceptors (Lipinski definition) is 3. The van der Waals surface area contributed by atoms with Crippen LogP contribution in [0.1, 0.15) is 6.92 Å². The van der Waals surface area contributed by atoms with Gasteiger partial charge in [0, 0.05) is 11.4 Å². The van der Waals surface area contributed by atoms with Crippen LogP contribution in [0.5, 0.6) is 5.75 Å². The maximum Gasteiger partial charge on any atom is 0.265 e. The zero-order valence-electron chi connectivity index (χ0n) is 11.3. The largest absolute Gasteiger partial charge is 0.479 e. The Bertz CT molecular complexity index is 664. The number of nitrogens with two attached hydrogens (primary N) is 1. The number of ether oxygens (including phenoxy) is 1. The lowest BCUT2D eigenvalue weighted by atomic mass is 10.2. The van der Waals surface area contributed by atoms with E-state index in [0.29, 0.717) is 11.4 Å². The molecule has 2 rings (SSSR count). The second-order valence-corrected chi connectivity index (χ2v) is 4.86. The highest BCUT2D eigenvalue weighted by Crippen LogP contribution is 2.26. The molecule has 0 saturated carbocycles. The maximum absolute atomic E-state index is 12.9. The Morgan fingerprint density at radius 1 is 1.33 bits per heavy atom. The Morgan fingerprint density at radius 3 is 2.76 bits per heavy atom. The van der Waals surface area contributed by atoms with Crippen LogP contribution < -0.4 is 15.8 Å². The van der Waals surface area contributed by atoms with E-state index in [2.05, 4.69) is 5.32 Å². The van der Waals surface area contributed by atoms with Gasteiger partial charge >= 0.3 is 0 Å². The molecule has 2 aromatic rings. The van der Waals surface area contributed by atoms with Crippen molar-refractivity contribution in [2.45, 2.75) is 13.0 Å². The summed E-state index contributed by atoms with van der Waals surface area (Å²) < 4.78 is 18.4.